The first-order valence-corrected chi connectivity index (χ1v) is 10.6. The van der Waals surface area contributed by atoms with Gasteiger partial charge in [0.15, 0.2) is 5.65 Å². The molecule has 0 spiro atoms. The summed E-state index contributed by atoms with van der Waals surface area (Å²) in [6.07, 6.45) is 5.08. The molecule has 2 aromatic carbocycles. The van der Waals surface area contributed by atoms with E-state index in [-0.39, 0.29) is 5.91 Å². The van der Waals surface area contributed by atoms with Gasteiger partial charge in [0.25, 0.3) is 5.91 Å². The van der Waals surface area contributed by atoms with Crippen molar-refractivity contribution in [2.45, 2.75) is 0 Å². The minimum Gasteiger partial charge on any atom is -0.310 e. The highest BCUT2D eigenvalue weighted by Gasteiger charge is 2.17. The van der Waals surface area contributed by atoms with Crippen LogP contribution in [0.5, 0.6) is 0 Å². The average Bonchev–Trinajstić information content (AvgIpc) is 3.49. The number of hydrogen-bond donors (Lipinski definition) is 0. The van der Waals surface area contributed by atoms with Crippen LogP contribution in [0.25, 0.3) is 27.5 Å². The van der Waals surface area contributed by atoms with Gasteiger partial charge in [0.1, 0.15) is 16.2 Å². The molecule has 0 fully saturated rings. The molecule has 0 N–H and O–H groups in total. The Morgan fingerprint density at radius 3 is 2.45 bits per heavy atom. The van der Waals surface area contributed by atoms with Crippen LogP contribution in [0.15, 0.2) is 72.6 Å². The highest BCUT2D eigenvalue weighted by Crippen LogP contribution is 2.26. The van der Waals surface area contributed by atoms with Gasteiger partial charge >= 0.3 is 0 Å². The quantitative estimate of drug-likeness (QED) is 0.394. The van der Waals surface area contributed by atoms with Crippen molar-refractivity contribution in [3.8, 4) is 21.8 Å². The molecule has 1 amide bonds. The molecule has 3 aromatic heterocycles. The summed E-state index contributed by atoms with van der Waals surface area (Å²) in [4.78, 5) is 23.3. The number of amides is 1. The number of aromatic nitrogens is 5. The molecule has 5 aromatic rings. The standard InChI is InChI=1S/C22H15ClN6OS/c1-28(17-8-6-16(23)7-9-17)22(30)18-12-29-19(10-25-20(29)11-24-18)14-2-4-15(5-3-14)21-27-26-13-31-21/h2-13H,1H3. The van der Waals surface area contributed by atoms with Gasteiger partial charge in [-0.1, -0.05) is 47.2 Å². The van der Waals surface area contributed by atoms with Gasteiger partial charge in [-0.05, 0) is 24.3 Å². The zero-order valence-electron chi connectivity index (χ0n) is 16.3. The van der Waals surface area contributed by atoms with Crippen LogP contribution in [-0.4, -0.2) is 37.5 Å². The molecule has 0 unspecified atom stereocenters. The van der Waals surface area contributed by atoms with Crippen molar-refractivity contribution in [3.05, 3.63) is 83.3 Å². The van der Waals surface area contributed by atoms with Gasteiger partial charge in [0.2, 0.25) is 0 Å². The van der Waals surface area contributed by atoms with Crippen molar-refractivity contribution in [3.63, 3.8) is 0 Å². The zero-order valence-corrected chi connectivity index (χ0v) is 17.9. The molecule has 0 aliphatic carbocycles. The maximum atomic E-state index is 13.0. The summed E-state index contributed by atoms with van der Waals surface area (Å²) in [7, 11) is 1.71. The fourth-order valence-corrected chi connectivity index (χ4v) is 3.94. The van der Waals surface area contributed by atoms with Crippen molar-refractivity contribution in [1.29, 1.82) is 0 Å². The number of carbonyl (C=O) groups excluding carboxylic acids is 1. The third-order valence-electron chi connectivity index (χ3n) is 4.92. The lowest BCUT2D eigenvalue weighted by Crippen LogP contribution is -2.27. The second-order valence-corrected chi connectivity index (χ2v) is 8.08. The van der Waals surface area contributed by atoms with Crippen LogP contribution in [0.2, 0.25) is 5.02 Å². The molecule has 0 atom stereocenters. The van der Waals surface area contributed by atoms with E-state index in [1.165, 1.54) is 16.2 Å². The van der Waals surface area contributed by atoms with Crippen molar-refractivity contribution in [2.24, 2.45) is 0 Å². The average molecular weight is 447 g/mol. The highest BCUT2D eigenvalue weighted by molar-refractivity contribution is 7.12. The minimum absolute atomic E-state index is 0.226. The van der Waals surface area contributed by atoms with Crippen LogP contribution >= 0.6 is 22.9 Å². The third kappa shape index (κ3) is 3.67. The lowest BCUT2D eigenvalue weighted by molar-refractivity contribution is 0.0988. The number of hydrogen-bond acceptors (Lipinski definition) is 6. The number of rotatable bonds is 4. The van der Waals surface area contributed by atoms with E-state index in [0.29, 0.717) is 16.4 Å². The molecular weight excluding hydrogens is 432 g/mol. The van der Waals surface area contributed by atoms with E-state index < -0.39 is 0 Å². The number of benzene rings is 2. The molecule has 0 saturated heterocycles. The van der Waals surface area contributed by atoms with E-state index in [4.69, 9.17) is 11.6 Å². The van der Waals surface area contributed by atoms with Gasteiger partial charge in [-0.2, -0.15) is 0 Å². The summed E-state index contributed by atoms with van der Waals surface area (Å²) in [6.45, 7) is 0. The minimum atomic E-state index is -0.226. The number of anilines is 1. The second kappa shape index (κ2) is 7.90. The van der Waals surface area contributed by atoms with Gasteiger partial charge < -0.3 is 4.90 Å². The van der Waals surface area contributed by atoms with Crippen LogP contribution < -0.4 is 4.90 Å². The summed E-state index contributed by atoms with van der Waals surface area (Å²) >= 11 is 7.44. The topological polar surface area (TPSA) is 76.3 Å². The first kappa shape index (κ1) is 19.3. The van der Waals surface area contributed by atoms with E-state index >= 15 is 0 Å². The summed E-state index contributed by atoms with van der Waals surface area (Å²) in [5.74, 6) is -0.226. The Labute approximate surface area is 186 Å². The largest absolute Gasteiger partial charge is 0.310 e. The number of halogens is 1. The zero-order chi connectivity index (χ0) is 21.4. The molecule has 0 radical (unpaired) electrons. The van der Waals surface area contributed by atoms with E-state index in [1.807, 2.05) is 28.7 Å². The Kier molecular flexibility index (Phi) is 4.93. The van der Waals surface area contributed by atoms with E-state index in [0.717, 1.165) is 27.5 Å². The molecule has 7 nitrogen and oxygen atoms in total. The first-order valence-electron chi connectivity index (χ1n) is 9.34. The fraction of sp³-hybridized carbons (Fsp3) is 0.0455. The fourth-order valence-electron chi connectivity index (χ4n) is 3.25. The number of carbonyl (C=O) groups is 1. The first-order chi connectivity index (χ1) is 15.1. The molecule has 0 aliphatic heterocycles. The SMILES string of the molecule is CN(C(=O)c1cn2c(-c3ccc(-c4nncs4)cc3)cnc2cn1)c1ccc(Cl)cc1. The molecule has 0 saturated carbocycles. The van der Waals surface area contributed by atoms with E-state index in [2.05, 4.69) is 20.2 Å². The van der Waals surface area contributed by atoms with Gasteiger partial charge in [0.05, 0.1) is 18.1 Å². The summed E-state index contributed by atoms with van der Waals surface area (Å²) in [5.41, 5.74) is 6.25. The maximum absolute atomic E-state index is 13.0. The maximum Gasteiger partial charge on any atom is 0.278 e. The number of nitrogens with zero attached hydrogens (tertiary/aromatic N) is 6. The Morgan fingerprint density at radius 2 is 1.74 bits per heavy atom. The van der Waals surface area contributed by atoms with Crippen molar-refractivity contribution >= 4 is 40.2 Å². The van der Waals surface area contributed by atoms with Gasteiger partial charge in [-0.25, -0.2) is 9.97 Å². The molecule has 5 rings (SSSR count). The Hall–Kier alpha value is -3.62. The van der Waals surface area contributed by atoms with Crippen LogP contribution in [0.1, 0.15) is 10.5 Å². The number of imidazole rings is 1. The molecular formula is C22H15ClN6OS. The lowest BCUT2D eigenvalue weighted by atomic mass is 10.1. The number of fused-ring (bicyclic) bond motifs is 1. The summed E-state index contributed by atoms with van der Waals surface area (Å²) < 4.78 is 1.87. The molecule has 0 aliphatic rings. The predicted molar refractivity (Wildman–Crippen MR) is 122 cm³/mol. The lowest BCUT2D eigenvalue weighted by Gasteiger charge is -2.17. The monoisotopic (exact) mass is 446 g/mol. The van der Waals surface area contributed by atoms with E-state index in [1.54, 1.807) is 55.4 Å². The predicted octanol–water partition coefficient (Wildman–Crippen LogP) is 4.84. The van der Waals surface area contributed by atoms with Crippen molar-refractivity contribution in [1.82, 2.24) is 24.6 Å². The third-order valence-corrected chi connectivity index (χ3v) is 5.91. The van der Waals surface area contributed by atoms with Crippen molar-refractivity contribution < 1.29 is 4.79 Å². The van der Waals surface area contributed by atoms with Crippen LogP contribution in [0, 0.1) is 0 Å². The van der Waals surface area contributed by atoms with Gasteiger partial charge in [-0.15, -0.1) is 10.2 Å². The Morgan fingerprint density at radius 1 is 1.00 bits per heavy atom. The molecule has 31 heavy (non-hydrogen) atoms. The summed E-state index contributed by atoms with van der Waals surface area (Å²) in [6, 6.07) is 15.1. The highest BCUT2D eigenvalue weighted by atomic mass is 35.5. The van der Waals surface area contributed by atoms with Crippen molar-refractivity contribution in [2.75, 3.05) is 11.9 Å². The summed E-state index contributed by atoms with van der Waals surface area (Å²) in [5, 5.41) is 9.47. The van der Waals surface area contributed by atoms with Crippen LogP contribution in [-0.2, 0) is 0 Å². The normalized spacial score (nSPS) is 11.0. The smallest absolute Gasteiger partial charge is 0.278 e. The van der Waals surface area contributed by atoms with Crippen LogP contribution in [0.3, 0.4) is 0 Å². The molecule has 0 bridgehead atoms. The van der Waals surface area contributed by atoms with E-state index in [9.17, 15) is 4.79 Å². The Bertz CT molecular complexity index is 1360. The van der Waals surface area contributed by atoms with Gasteiger partial charge in [-0.3, -0.25) is 9.20 Å². The molecule has 9 heteroatoms. The second-order valence-electron chi connectivity index (χ2n) is 6.81. The van der Waals surface area contributed by atoms with Crippen LogP contribution in [0.4, 0.5) is 5.69 Å². The Balaban J connectivity index is 1.48. The van der Waals surface area contributed by atoms with Gasteiger partial charge in [0, 0.05) is 35.1 Å². The molecule has 152 valence electrons. The molecule has 3 heterocycles.